The number of likely N-dealkylation sites (tertiary alicyclic amines) is 1. The van der Waals surface area contributed by atoms with Gasteiger partial charge in [-0.1, -0.05) is 0 Å². The van der Waals surface area contributed by atoms with Gasteiger partial charge in [-0.05, 0) is 64.3 Å². The largest absolute Gasteiger partial charge is 0.444 e. The zero-order valence-electron chi connectivity index (χ0n) is 17.7. The summed E-state index contributed by atoms with van der Waals surface area (Å²) in [6.45, 7) is 6.42. The molecule has 1 spiro atoms. The minimum atomic E-state index is -4.53. The smallest absolute Gasteiger partial charge is 0.416 e. The highest BCUT2D eigenvalue weighted by atomic mass is 32.2. The van der Waals surface area contributed by atoms with Crippen molar-refractivity contribution in [2.75, 3.05) is 19.7 Å². The molecule has 3 rings (SSSR count). The van der Waals surface area contributed by atoms with Crippen LogP contribution in [0, 0.1) is 0 Å². The van der Waals surface area contributed by atoms with E-state index < -0.39 is 39.0 Å². The summed E-state index contributed by atoms with van der Waals surface area (Å²) >= 11 is 0. The molecule has 0 aromatic heterocycles. The minimum Gasteiger partial charge on any atom is -0.444 e. The van der Waals surface area contributed by atoms with Gasteiger partial charge in [-0.2, -0.15) is 13.2 Å². The van der Waals surface area contributed by atoms with Crippen LogP contribution in [0.25, 0.3) is 0 Å². The number of ether oxygens (including phenoxy) is 2. The molecule has 0 radical (unpaired) electrons. The molecule has 0 saturated carbocycles. The highest BCUT2D eigenvalue weighted by Crippen LogP contribution is 2.37. The Labute approximate surface area is 179 Å². The summed E-state index contributed by atoms with van der Waals surface area (Å²) in [5.74, 6) is 0. The van der Waals surface area contributed by atoms with Gasteiger partial charge in [0.1, 0.15) is 5.60 Å². The van der Waals surface area contributed by atoms with Gasteiger partial charge in [-0.25, -0.2) is 17.9 Å². The maximum Gasteiger partial charge on any atom is 0.416 e. The van der Waals surface area contributed by atoms with Crippen LogP contribution < -0.4 is 4.72 Å². The Morgan fingerprint density at radius 1 is 1.16 bits per heavy atom. The number of carbonyl (C=O) groups is 1. The van der Waals surface area contributed by atoms with E-state index in [4.69, 9.17) is 9.47 Å². The van der Waals surface area contributed by atoms with E-state index in [1.54, 1.807) is 25.7 Å². The number of hydrogen-bond donors (Lipinski definition) is 1. The van der Waals surface area contributed by atoms with Gasteiger partial charge in [0, 0.05) is 19.1 Å². The van der Waals surface area contributed by atoms with Gasteiger partial charge in [0.2, 0.25) is 10.0 Å². The van der Waals surface area contributed by atoms with E-state index in [0.717, 1.165) is 24.3 Å². The molecular weight excluding hydrogens is 437 g/mol. The van der Waals surface area contributed by atoms with Crippen LogP contribution >= 0.6 is 0 Å². The van der Waals surface area contributed by atoms with Crippen LogP contribution in [0.3, 0.4) is 0 Å². The first-order valence-electron chi connectivity index (χ1n) is 10.0. The van der Waals surface area contributed by atoms with Crippen LogP contribution in [0.15, 0.2) is 29.2 Å². The maximum atomic E-state index is 12.7. The van der Waals surface area contributed by atoms with E-state index in [0.29, 0.717) is 32.4 Å². The van der Waals surface area contributed by atoms with Crippen LogP contribution in [-0.4, -0.2) is 56.4 Å². The number of nitrogens with zero attached hydrogens (tertiary/aromatic N) is 1. The van der Waals surface area contributed by atoms with Gasteiger partial charge >= 0.3 is 12.3 Å². The fourth-order valence-electron chi connectivity index (χ4n) is 3.80. The van der Waals surface area contributed by atoms with Gasteiger partial charge < -0.3 is 14.4 Å². The molecule has 11 heteroatoms. The van der Waals surface area contributed by atoms with E-state index in [-0.39, 0.29) is 17.6 Å². The maximum absolute atomic E-state index is 12.7. The predicted octanol–water partition coefficient (Wildman–Crippen LogP) is 3.54. The molecule has 1 atom stereocenters. The predicted molar refractivity (Wildman–Crippen MR) is 106 cm³/mol. The van der Waals surface area contributed by atoms with Crippen molar-refractivity contribution in [3.63, 3.8) is 0 Å². The Morgan fingerprint density at radius 3 is 2.26 bits per heavy atom. The first kappa shape index (κ1) is 23.8. The zero-order chi connectivity index (χ0) is 23.1. The van der Waals surface area contributed by atoms with Gasteiger partial charge in [-0.15, -0.1) is 0 Å². The van der Waals surface area contributed by atoms with Gasteiger partial charge in [0.15, 0.2) is 0 Å². The van der Waals surface area contributed by atoms with Crippen molar-refractivity contribution in [1.82, 2.24) is 9.62 Å². The fourth-order valence-corrected chi connectivity index (χ4v) is 5.02. The molecule has 0 bridgehead atoms. The van der Waals surface area contributed by atoms with Crippen molar-refractivity contribution in [2.24, 2.45) is 0 Å². The van der Waals surface area contributed by atoms with Crippen LogP contribution in [0.1, 0.15) is 45.6 Å². The average molecular weight is 465 g/mol. The van der Waals surface area contributed by atoms with E-state index in [1.807, 2.05) is 0 Å². The standard InChI is InChI=1S/C20H27F3N2O5S/c1-18(2,3)30-17(26)25-10-8-19(9-11-25)12-15(13-29-19)24-31(27,28)16-6-4-14(5-7-16)20(21,22)23/h4-7,15,24H,8-13H2,1-3H3/t15-/m1/s1. The number of nitrogens with one attached hydrogen (secondary N) is 1. The second-order valence-electron chi connectivity index (χ2n) is 9.01. The molecule has 2 aliphatic heterocycles. The minimum absolute atomic E-state index is 0.159. The number of amides is 1. The van der Waals surface area contributed by atoms with Crippen molar-refractivity contribution >= 4 is 16.1 Å². The summed E-state index contributed by atoms with van der Waals surface area (Å²) in [4.78, 5) is 13.6. The van der Waals surface area contributed by atoms with Crippen LogP contribution in [0.4, 0.5) is 18.0 Å². The molecule has 0 unspecified atom stereocenters. The summed E-state index contributed by atoms with van der Waals surface area (Å²) in [7, 11) is -3.99. The Hall–Kier alpha value is -1.85. The third kappa shape index (κ3) is 5.89. The SMILES string of the molecule is CC(C)(C)OC(=O)N1CCC2(CC1)C[C@@H](NS(=O)(=O)c1ccc(C(F)(F)F)cc1)CO2. The molecule has 1 aromatic rings. The fraction of sp³-hybridized carbons (Fsp3) is 0.650. The van der Waals surface area contributed by atoms with Gasteiger partial charge in [0.05, 0.1) is 22.7 Å². The number of piperidine rings is 1. The molecule has 2 fully saturated rings. The quantitative estimate of drug-likeness (QED) is 0.740. The lowest BCUT2D eigenvalue weighted by atomic mass is 9.88. The topological polar surface area (TPSA) is 84.9 Å². The van der Waals surface area contributed by atoms with Crippen LogP contribution in [0.5, 0.6) is 0 Å². The lowest BCUT2D eigenvalue weighted by molar-refractivity contribution is -0.137. The molecular formula is C20H27F3N2O5S. The summed E-state index contributed by atoms with van der Waals surface area (Å²) in [6, 6.07) is 2.87. The van der Waals surface area contributed by atoms with E-state index in [9.17, 15) is 26.4 Å². The summed E-state index contributed by atoms with van der Waals surface area (Å²) in [5, 5.41) is 0. The summed E-state index contributed by atoms with van der Waals surface area (Å²) in [6.07, 6.45) is -3.40. The van der Waals surface area contributed by atoms with Crippen molar-refractivity contribution in [2.45, 2.75) is 68.3 Å². The first-order chi connectivity index (χ1) is 14.2. The van der Waals surface area contributed by atoms with Crippen molar-refractivity contribution in [3.05, 3.63) is 29.8 Å². The van der Waals surface area contributed by atoms with Crippen molar-refractivity contribution < 1.29 is 35.9 Å². The summed E-state index contributed by atoms with van der Waals surface area (Å²) in [5.41, 5.74) is -2.03. The molecule has 1 amide bonds. The summed E-state index contributed by atoms with van der Waals surface area (Å²) < 4.78 is 77.0. The Balaban J connectivity index is 1.57. The molecule has 7 nitrogen and oxygen atoms in total. The zero-order valence-corrected chi connectivity index (χ0v) is 18.5. The van der Waals surface area contributed by atoms with Crippen LogP contribution in [-0.2, 0) is 25.7 Å². The molecule has 1 N–H and O–H groups in total. The molecule has 1 aromatic carbocycles. The highest BCUT2D eigenvalue weighted by Gasteiger charge is 2.45. The van der Waals surface area contributed by atoms with Crippen molar-refractivity contribution in [3.8, 4) is 0 Å². The van der Waals surface area contributed by atoms with Gasteiger partial charge in [0.25, 0.3) is 0 Å². The second-order valence-corrected chi connectivity index (χ2v) is 10.7. The monoisotopic (exact) mass is 464 g/mol. The molecule has 2 saturated heterocycles. The van der Waals surface area contributed by atoms with Crippen molar-refractivity contribution in [1.29, 1.82) is 0 Å². The highest BCUT2D eigenvalue weighted by molar-refractivity contribution is 7.89. The number of hydrogen-bond acceptors (Lipinski definition) is 5. The average Bonchev–Trinajstić information content (AvgIpc) is 3.01. The molecule has 2 aliphatic rings. The molecule has 174 valence electrons. The number of carbonyl (C=O) groups excluding carboxylic acids is 1. The van der Waals surface area contributed by atoms with Gasteiger partial charge in [-0.3, -0.25) is 0 Å². The van der Waals surface area contributed by atoms with E-state index in [1.165, 1.54) is 0 Å². The molecule has 2 heterocycles. The number of sulfonamides is 1. The number of alkyl halides is 3. The number of rotatable bonds is 3. The first-order valence-corrected chi connectivity index (χ1v) is 11.5. The lowest BCUT2D eigenvalue weighted by Gasteiger charge is -2.39. The molecule has 0 aliphatic carbocycles. The third-order valence-corrected chi connectivity index (χ3v) is 6.89. The van der Waals surface area contributed by atoms with Crippen LogP contribution in [0.2, 0.25) is 0 Å². The normalized spacial score (nSPS) is 22.0. The lowest BCUT2D eigenvalue weighted by Crippen LogP contribution is -2.48. The van der Waals surface area contributed by atoms with E-state index in [2.05, 4.69) is 4.72 Å². The second kappa shape index (κ2) is 8.25. The third-order valence-electron chi connectivity index (χ3n) is 5.35. The van der Waals surface area contributed by atoms with E-state index >= 15 is 0 Å². The Bertz CT molecular complexity index is 902. The number of benzene rings is 1. The number of halogens is 3. The Kier molecular flexibility index (Phi) is 6.34. The molecule has 31 heavy (non-hydrogen) atoms. The Morgan fingerprint density at radius 2 is 1.74 bits per heavy atom.